The Morgan fingerprint density at radius 3 is 2.80 bits per heavy atom. The molecule has 3 heteroatoms. The third-order valence-corrected chi connectivity index (χ3v) is 2.77. The first-order valence-electron chi connectivity index (χ1n) is 5.44. The second-order valence-corrected chi connectivity index (χ2v) is 4.22. The largest absolute Gasteiger partial charge is 0.312 e. The van der Waals surface area contributed by atoms with Crippen LogP contribution in [0.15, 0.2) is 24.3 Å². The summed E-state index contributed by atoms with van der Waals surface area (Å²) in [5.41, 5.74) is 1.19. The molecular formula is C12H17FN2. The molecule has 0 aromatic heterocycles. The predicted octanol–water partition coefficient (Wildman–Crippen LogP) is 1.62. The van der Waals surface area contributed by atoms with Gasteiger partial charge in [0.25, 0.3) is 0 Å². The Morgan fingerprint density at radius 2 is 2.13 bits per heavy atom. The maximum Gasteiger partial charge on any atom is 0.123 e. The molecule has 0 saturated carbocycles. The van der Waals surface area contributed by atoms with Crippen molar-refractivity contribution >= 4 is 0 Å². The van der Waals surface area contributed by atoms with Crippen LogP contribution in [-0.2, 0) is 6.54 Å². The van der Waals surface area contributed by atoms with Crippen LogP contribution in [0.5, 0.6) is 0 Å². The van der Waals surface area contributed by atoms with Gasteiger partial charge >= 0.3 is 0 Å². The van der Waals surface area contributed by atoms with Crippen LogP contribution in [0.1, 0.15) is 12.5 Å². The molecule has 0 unspecified atom stereocenters. The molecule has 0 aliphatic carbocycles. The van der Waals surface area contributed by atoms with Gasteiger partial charge < -0.3 is 5.32 Å². The number of halogens is 1. The normalized spacial score (nSPS) is 22.9. The second-order valence-electron chi connectivity index (χ2n) is 4.22. The highest BCUT2D eigenvalue weighted by Crippen LogP contribution is 2.08. The maximum absolute atomic E-state index is 12.7. The Morgan fingerprint density at radius 1 is 1.40 bits per heavy atom. The van der Waals surface area contributed by atoms with Gasteiger partial charge in [0.1, 0.15) is 5.82 Å². The molecule has 0 radical (unpaired) electrons. The van der Waals surface area contributed by atoms with E-state index in [1.165, 1.54) is 17.7 Å². The molecule has 82 valence electrons. The molecule has 1 N–H and O–H groups in total. The average molecular weight is 208 g/mol. The highest BCUT2D eigenvalue weighted by molar-refractivity contribution is 5.16. The van der Waals surface area contributed by atoms with Crippen LogP contribution in [0, 0.1) is 5.82 Å². The summed E-state index contributed by atoms with van der Waals surface area (Å²) in [5.74, 6) is -0.160. The van der Waals surface area contributed by atoms with Gasteiger partial charge in [-0.1, -0.05) is 12.1 Å². The Labute approximate surface area is 90.1 Å². The van der Waals surface area contributed by atoms with Crippen LogP contribution < -0.4 is 5.32 Å². The second kappa shape index (κ2) is 4.73. The molecule has 2 nitrogen and oxygen atoms in total. The van der Waals surface area contributed by atoms with Crippen molar-refractivity contribution in [3.05, 3.63) is 35.6 Å². The topological polar surface area (TPSA) is 15.3 Å². The fraction of sp³-hybridized carbons (Fsp3) is 0.500. The summed E-state index contributed by atoms with van der Waals surface area (Å²) in [7, 11) is 0. The van der Waals surface area contributed by atoms with Gasteiger partial charge in [0, 0.05) is 32.2 Å². The van der Waals surface area contributed by atoms with Crippen molar-refractivity contribution in [1.29, 1.82) is 0 Å². The van der Waals surface area contributed by atoms with E-state index in [2.05, 4.69) is 17.1 Å². The number of nitrogens with zero attached hydrogens (tertiary/aromatic N) is 1. The van der Waals surface area contributed by atoms with Gasteiger partial charge in [-0.2, -0.15) is 0 Å². The van der Waals surface area contributed by atoms with Gasteiger partial charge in [0.2, 0.25) is 0 Å². The zero-order chi connectivity index (χ0) is 10.7. The van der Waals surface area contributed by atoms with Gasteiger partial charge in [-0.25, -0.2) is 4.39 Å². The summed E-state index contributed by atoms with van der Waals surface area (Å²) < 4.78 is 12.7. The Bertz CT molecular complexity index is 310. The van der Waals surface area contributed by atoms with Crippen LogP contribution in [0.25, 0.3) is 0 Å². The lowest BCUT2D eigenvalue weighted by molar-refractivity contribution is 0.199. The van der Waals surface area contributed by atoms with Crippen molar-refractivity contribution in [2.24, 2.45) is 0 Å². The molecule has 1 aromatic carbocycles. The highest BCUT2D eigenvalue weighted by Gasteiger charge is 2.15. The Hall–Kier alpha value is -0.930. The van der Waals surface area contributed by atoms with E-state index in [-0.39, 0.29) is 5.82 Å². The van der Waals surface area contributed by atoms with E-state index in [9.17, 15) is 4.39 Å². The third-order valence-electron chi connectivity index (χ3n) is 2.77. The molecule has 0 amide bonds. The molecule has 1 aliphatic heterocycles. The Balaban J connectivity index is 1.93. The maximum atomic E-state index is 12.7. The van der Waals surface area contributed by atoms with Crippen molar-refractivity contribution in [2.45, 2.75) is 19.5 Å². The SMILES string of the molecule is C[C@H]1CN(Cc2ccc(F)cc2)CCN1. The summed E-state index contributed by atoms with van der Waals surface area (Å²) in [5, 5.41) is 3.41. The average Bonchev–Trinajstić information content (AvgIpc) is 2.22. The van der Waals surface area contributed by atoms with Crippen LogP contribution in [0.3, 0.4) is 0 Å². The summed E-state index contributed by atoms with van der Waals surface area (Å²) in [6.07, 6.45) is 0. The zero-order valence-electron chi connectivity index (χ0n) is 9.04. The van der Waals surface area contributed by atoms with E-state index in [1.54, 1.807) is 0 Å². The van der Waals surface area contributed by atoms with Crippen molar-refractivity contribution in [2.75, 3.05) is 19.6 Å². The van der Waals surface area contributed by atoms with Crippen molar-refractivity contribution in [1.82, 2.24) is 10.2 Å². The third kappa shape index (κ3) is 3.01. The molecule has 1 aromatic rings. The predicted molar refractivity (Wildman–Crippen MR) is 59.1 cm³/mol. The lowest BCUT2D eigenvalue weighted by atomic mass is 10.1. The van der Waals surface area contributed by atoms with Crippen molar-refractivity contribution in [3.63, 3.8) is 0 Å². The molecule has 1 heterocycles. The molecule has 0 spiro atoms. The number of hydrogen-bond donors (Lipinski definition) is 1. The lowest BCUT2D eigenvalue weighted by Crippen LogP contribution is -2.48. The summed E-state index contributed by atoms with van der Waals surface area (Å²) >= 11 is 0. The molecule has 1 atom stereocenters. The quantitative estimate of drug-likeness (QED) is 0.794. The number of hydrogen-bond acceptors (Lipinski definition) is 2. The van der Waals surface area contributed by atoms with Crippen molar-refractivity contribution in [3.8, 4) is 0 Å². The fourth-order valence-corrected chi connectivity index (χ4v) is 2.00. The fourth-order valence-electron chi connectivity index (χ4n) is 2.00. The zero-order valence-corrected chi connectivity index (χ0v) is 9.04. The van der Waals surface area contributed by atoms with Crippen LogP contribution >= 0.6 is 0 Å². The van der Waals surface area contributed by atoms with Gasteiger partial charge in [-0.15, -0.1) is 0 Å². The van der Waals surface area contributed by atoms with Gasteiger partial charge in [-0.3, -0.25) is 4.90 Å². The number of benzene rings is 1. The molecule has 2 rings (SSSR count). The highest BCUT2D eigenvalue weighted by atomic mass is 19.1. The Kier molecular flexibility index (Phi) is 3.34. The van der Waals surface area contributed by atoms with Crippen molar-refractivity contribution < 1.29 is 4.39 Å². The minimum absolute atomic E-state index is 0.160. The van der Waals surface area contributed by atoms with Crippen LogP contribution in [0.4, 0.5) is 4.39 Å². The number of rotatable bonds is 2. The van der Waals surface area contributed by atoms with E-state index in [0.29, 0.717) is 6.04 Å². The van der Waals surface area contributed by atoms with E-state index in [4.69, 9.17) is 0 Å². The number of nitrogens with one attached hydrogen (secondary N) is 1. The van der Waals surface area contributed by atoms with E-state index in [0.717, 1.165) is 26.2 Å². The lowest BCUT2D eigenvalue weighted by Gasteiger charge is -2.31. The molecule has 0 bridgehead atoms. The molecule has 15 heavy (non-hydrogen) atoms. The van der Waals surface area contributed by atoms with Gasteiger partial charge in [0.05, 0.1) is 0 Å². The van der Waals surface area contributed by atoms with E-state index >= 15 is 0 Å². The first-order valence-corrected chi connectivity index (χ1v) is 5.44. The molecule has 1 saturated heterocycles. The van der Waals surface area contributed by atoms with Crippen LogP contribution in [-0.4, -0.2) is 30.6 Å². The van der Waals surface area contributed by atoms with Gasteiger partial charge in [0.15, 0.2) is 0 Å². The minimum atomic E-state index is -0.160. The van der Waals surface area contributed by atoms with E-state index in [1.807, 2.05) is 12.1 Å². The first-order chi connectivity index (χ1) is 7.24. The smallest absolute Gasteiger partial charge is 0.123 e. The van der Waals surface area contributed by atoms with Crippen LogP contribution in [0.2, 0.25) is 0 Å². The molecular weight excluding hydrogens is 191 g/mol. The monoisotopic (exact) mass is 208 g/mol. The minimum Gasteiger partial charge on any atom is -0.312 e. The first kappa shape index (κ1) is 10.6. The summed E-state index contributed by atoms with van der Waals surface area (Å²) in [4.78, 5) is 2.40. The summed E-state index contributed by atoms with van der Waals surface area (Å²) in [6, 6.07) is 7.34. The number of piperazine rings is 1. The van der Waals surface area contributed by atoms with E-state index < -0.39 is 0 Å². The summed E-state index contributed by atoms with van der Waals surface area (Å²) in [6.45, 7) is 6.30. The molecule has 1 aliphatic rings. The standard InChI is InChI=1S/C12H17FN2/c1-10-8-15(7-6-14-10)9-11-2-4-12(13)5-3-11/h2-5,10,14H,6-9H2,1H3/t10-/m0/s1. The van der Waals surface area contributed by atoms with Gasteiger partial charge in [-0.05, 0) is 24.6 Å². The molecule has 1 fully saturated rings.